The summed E-state index contributed by atoms with van der Waals surface area (Å²) in [6, 6.07) is 3.09. The number of rotatable bonds is 3. The van der Waals surface area contributed by atoms with E-state index in [1.807, 2.05) is 12.1 Å². The molecule has 0 aliphatic carbocycles. The lowest BCUT2D eigenvalue weighted by molar-refractivity contribution is -0.147. The Kier molecular flexibility index (Phi) is 5.06. The van der Waals surface area contributed by atoms with Crippen LogP contribution in [0.2, 0.25) is 0 Å². The second kappa shape index (κ2) is 6.58. The van der Waals surface area contributed by atoms with Gasteiger partial charge >= 0.3 is 5.97 Å². The summed E-state index contributed by atoms with van der Waals surface area (Å²) in [7, 11) is 0. The molecule has 1 aromatic heterocycles. The number of amides is 1. The molecule has 0 spiro atoms. The number of aliphatic carboxylic acids is 1. The van der Waals surface area contributed by atoms with Crippen molar-refractivity contribution in [3.8, 4) is 0 Å². The van der Waals surface area contributed by atoms with Crippen LogP contribution in [-0.4, -0.2) is 46.0 Å². The fourth-order valence-electron chi connectivity index (χ4n) is 1.74. The number of hydrogen-bond acceptors (Lipinski definition) is 4. The fourth-order valence-corrected chi connectivity index (χ4v) is 4.10. The van der Waals surface area contributed by atoms with Crippen molar-refractivity contribution in [2.24, 2.45) is 0 Å². The van der Waals surface area contributed by atoms with Crippen molar-refractivity contribution in [3.63, 3.8) is 0 Å². The van der Waals surface area contributed by atoms with Gasteiger partial charge in [0.05, 0.1) is 3.79 Å². The third-order valence-corrected chi connectivity index (χ3v) is 5.29. The minimum atomic E-state index is -0.937. The number of carboxylic acids is 1. The summed E-state index contributed by atoms with van der Waals surface area (Å²) in [6.07, 6.45) is 3.17. The van der Waals surface area contributed by atoms with Crippen molar-refractivity contribution in [2.75, 3.05) is 18.1 Å². The van der Waals surface area contributed by atoms with E-state index in [1.54, 1.807) is 17.8 Å². The lowest BCUT2D eigenvalue weighted by Gasteiger charge is -2.31. The largest absolute Gasteiger partial charge is 0.480 e. The van der Waals surface area contributed by atoms with Gasteiger partial charge in [-0.05, 0) is 34.1 Å². The van der Waals surface area contributed by atoms with Gasteiger partial charge in [0.1, 0.15) is 6.04 Å². The number of nitrogens with zero attached hydrogens (tertiary/aromatic N) is 1. The molecule has 0 saturated carbocycles. The van der Waals surface area contributed by atoms with Crippen LogP contribution in [0.15, 0.2) is 22.0 Å². The van der Waals surface area contributed by atoms with E-state index in [2.05, 4.69) is 15.9 Å². The molecule has 0 bridgehead atoms. The number of halogens is 1. The predicted molar refractivity (Wildman–Crippen MR) is 81.5 cm³/mol. The van der Waals surface area contributed by atoms with Crippen molar-refractivity contribution < 1.29 is 14.7 Å². The quantitative estimate of drug-likeness (QED) is 0.840. The number of carbonyl (C=O) groups is 2. The summed E-state index contributed by atoms with van der Waals surface area (Å²) in [5.74, 6) is 0.0675. The van der Waals surface area contributed by atoms with E-state index in [1.165, 1.54) is 22.3 Å². The Morgan fingerprint density at radius 1 is 1.47 bits per heavy atom. The van der Waals surface area contributed by atoms with Gasteiger partial charge in [-0.2, -0.15) is 11.8 Å². The average molecular weight is 362 g/mol. The van der Waals surface area contributed by atoms with Gasteiger partial charge < -0.3 is 10.0 Å². The van der Waals surface area contributed by atoms with E-state index < -0.39 is 12.0 Å². The highest BCUT2D eigenvalue weighted by atomic mass is 79.9. The van der Waals surface area contributed by atoms with Crippen LogP contribution in [0.3, 0.4) is 0 Å². The van der Waals surface area contributed by atoms with Gasteiger partial charge in [0, 0.05) is 29.0 Å². The molecule has 0 radical (unpaired) electrons. The number of thiophene rings is 1. The van der Waals surface area contributed by atoms with Crippen LogP contribution in [0.1, 0.15) is 4.88 Å². The maximum absolute atomic E-state index is 12.1. The Bertz CT molecular complexity index is 515. The Hall–Kier alpha value is -0.790. The van der Waals surface area contributed by atoms with Gasteiger partial charge in [0.25, 0.3) is 0 Å². The first-order chi connectivity index (χ1) is 9.08. The molecule has 4 nitrogen and oxygen atoms in total. The van der Waals surface area contributed by atoms with Crippen molar-refractivity contribution in [1.29, 1.82) is 0 Å². The zero-order valence-corrected chi connectivity index (χ0v) is 13.1. The first-order valence-electron chi connectivity index (χ1n) is 5.62. The molecule has 1 unspecified atom stereocenters. The van der Waals surface area contributed by atoms with Crippen LogP contribution < -0.4 is 0 Å². The summed E-state index contributed by atoms with van der Waals surface area (Å²) in [4.78, 5) is 25.5. The lowest BCUT2D eigenvalue weighted by Crippen LogP contribution is -2.49. The molecule has 1 atom stereocenters. The highest BCUT2D eigenvalue weighted by molar-refractivity contribution is 9.11. The van der Waals surface area contributed by atoms with Crippen molar-refractivity contribution in [1.82, 2.24) is 4.90 Å². The van der Waals surface area contributed by atoms with Gasteiger partial charge in [-0.1, -0.05) is 0 Å². The first-order valence-corrected chi connectivity index (χ1v) is 8.39. The lowest BCUT2D eigenvalue weighted by atomic mass is 10.2. The SMILES string of the molecule is O=C(O)C1CSCCN1C(=O)/C=C/c1ccc(Br)s1. The minimum absolute atomic E-state index is 0.239. The van der Waals surface area contributed by atoms with Gasteiger partial charge in [-0.25, -0.2) is 4.79 Å². The summed E-state index contributed by atoms with van der Waals surface area (Å²) in [6.45, 7) is 0.485. The number of carboxylic acid groups (broad SMARTS) is 1. The van der Waals surface area contributed by atoms with E-state index in [4.69, 9.17) is 5.11 Å². The molecule has 0 aromatic carbocycles. The standard InChI is InChI=1S/C12H12BrNO3S2/c13-10-3-1-8(19-10)2-4-11(15)14-5-6-18-7-9(14)12(16)17/h1-4,9H,5-7H2,(H,16,17)/b4-2+. The van der Waals surface area contributed by atoms with Crippen LogP contribution in [0.5, 0.6) is 0 Å². The zero-order valence-electron chi connectivity index (χ0n) is 9.91. The van der Waals surface area contributed by atoms with E-state index in [0.717, 1.165) is 14.4 Å². The molecule has 1 aromatic rings. The molecular weight excluding hydrogens is 350 g/mol. The van der Waals surface area contributed by atoms with Crippen LogP contribution in [0.25, 0.3) is 6.08 Å². The summed E-state index contributed by atoms with van der Waals surface area (Å²) < 4.78 is 0.998. The van der Waals surface area contributed by atoms with Crippen LogP contribution in [0, 0.1) is 0 Å². The number of thioether (sulfide) groups is 1. The van der Waals surface area contributed by atoms with Gasteiger partial charge in [-0.15, -0.1) is 11.3 Å². The van der Waals surface area contributed by atoms with Crippen LogP contribution in [0.4, 0.5) is 0 Å². The molecule has 1 fully saturated rings. The van der Waals surface area contributed by atoms with Crippen molar-refractivity contribution in [2.45, 2.75) is 6.04 Å². The van der Waals surface area contributed by atoms with Gasteiger partial charge in [0.15, 0.2) is 0 Å². The Morgan fingerprint density at radius 3 is 2.89 bits per heavy atom. The van der Waals surface area contributed by atoms with E-state index in [9.17, 15) is 9.59 Å². The molecule has 2 rings (SSSR count). The molecule has 19 heavy (non-hydrogen) atoms. The smallest absolute Gasteiger partial charge is 0.327 e. The fraction of sp³-hybridized carbons (Fsp3) is 0.333. The predicted octanol–water partition coefficient (Wildman–Crippen LogP) is 2.55. The van der Waals surface area contributed by atoms with E-state index in [-0.39, 0.29) is 5.91 Å². The zero-order chi connectivity index (χ0) is 13.8. The summed E-state index contributed by atoms with van der Waals surface area (Å²) in [5, 5.41) is 9.11. The van der Waals surface area contributed by atoms with Crippen LogP contribution in [-0.2, 0) is 9.59 Å². The van der Waals surface area contributed by atoms with Crippen molar-refractivity contribution in [3.05, 3.63) is 26.9 Å². The molecule has 1 aliphatic rings. The van der Waals surface area contributed by atoms with Crippen LogP contribution >= 0.6 is 39.0 Å². The minimum Gasteiger partial charge on any atom is -0.480 e. The van der Waals surface area contributed by atoms with Crippen molar-refractivity contribution >= 4 is 57.0 Å². The number of carbonyl (C=O) groups excluding carboxylic acids is 1. The third kappa shape index (κ3) is 3.84. The monoisotopic (exact) mass is 361 g/mol. The molecule has 1 amide bonds. The van der Waals surface area contributed by atoms with Gasteiger partial charge in [0.2, 0.25) is 5.91 Å². The molecule has 2 heterocycles. The normalized spacial score (nSPS) is 19.8. The van der Waals surface area contributed by atoms with Gasteiger partial charge in [-0.3, -0.25) is 4.79 Å². The van der Waals surface area contributed by atoms with E-state index in [0.29, 0.717) is 12.3 Å². The first kappa shape index (κ1) is 14.6. The maximum atomic E-state index is 12.1. The molecule has 102 valence electrons. The average Bonchev–Trinajstić information content (AvgIpc) is 2.81. The molecule has 7 heteroatoms. The molecule has 1 N–H and O–H groups in total. The summed E-state index contributed by atoms with van der Waals surface area (Å²) >= 11 is 6.44. The maximum Gasteiger partial charge on any atom is 0.327 e. The highest BCUT2D eigenvalue weighted by Gasteiger charge is 2.31. The molecular formula is C12H12BrNO3S2. The van der Waals surface area contributed by atoms with E-state index >= 15 is 0 Å². The molecule has 1 saturated heterocycles. The Balaban J connectivity index is 2.05. The Labute approximate surface area is 127 Å². The summed E-state index contributed by atoms with van der Waals surface area (Å²) in [5.41, 5.74) is 0. The highest BCUT2D eigenvalue weighted by Crippen LogP contribution is 2.23. The molecule has 1 aliphatic heterocycles. The second-order valence-corrected chi connectivity index (χ2v) is 7.58. The second-order valence-electron chi connectivity index (χ2n) is 3.94. The number of hydrogen-bond donors (Lipinski definition) is 1. The topological polar surface area (TPSA) is 57.6 Å². The third-order valence-electron chi connectivity index (χ3n) is 2.68. The Morgan fingerprint density at radius 2 is 2.26 bits per heavy atom.